The molecule has 29 heavy (non-hydrogen) atoms. The average molecular weight is 393 g/mol. The van der Waals surface area contributed by atoms with Gasteiger partial charge in [-0.25, -0.2) is 0 Å². The predicted octanol–water partition coefficient (Wildman–Crippen LogP) is 3.19. The fourth-order valence-corrected chi connectivity index (χ4v) is 4.23. The SMILES string of the molecule is CC(=O)N1CCC(NC2CCOCC2)=C(C(=N)c2ccc(C)c3ccncc23)C1. The van der Waals surface area contributed by atoms with Gasteiger partial charge in [0.05, 0.1) is 5.71 Å². The Morgan fingerprint density at radius 3 is 2.79 bits per heavy atom. The Morgan fingerprint density at radius 2 is 2.03 bits per heavy atom. The zero-order valence-corrected chi connectivity index (χ0v) is 17.1. The summed E-state index contributed by atoms with van der Waals surface area (Å²) in [5.74, 6) is 0.0517. The van der Waals surface area contributed by atoms with E-state index in [-0.39, 0.29) is 5.91 Å². The molecule has 0 aliphatic carbocycles. The summed E-state index contributed by atoms with van der Waals surface area (Å²) in [6, 6.07) is 6.43. The number of hydrogen-bond acceptors (Lipinski definition) is 5. The number of hydrogen-bond donors (Lipinski definition) is 2. The number of fused-ring (bicyclic) bond motifs is 1. The van der Waals surface area contributed by atoms with E-state index in [1.807, 2.05) is 23.2 Å². The second-order valence-corrected chi connectivity index (χ2v) is 7.90. The van der Waals surface area contributed by atoms with Crippen molar-refractivity contribution in [1.29, 1.82) is 5.41 Å². The zero-order chi connectivity index (χ0) is 20.4. The maximum atomic E-state index is 12.0. The summed E-state index contributed by atoms with van der Waals surface area (Å²) in [5, 5.41) is 14.8. The van der Waals surface area contributed by atoms with Crippen LogP contribution in [0.3, 0.4) is 0 Å². The molecule has 0 spiro atoms. The van der Waals surface area contributed by atoms with Crippen molar-refractivity contribution in [2.24, 2.45) is 0 Å². The molecule has 1 amide bonds. The molecule has 0 radical (unpaired) electrons. The number of nitrogens with zero attached hydrogens (tertiary/aromatic N) is 2. The molecule has 2 aliphatic rings. The number of aryl methyl sites for hydroxylation is 1. The maximum Gasteiger partial charge on any atom is 0.219 e. The summed E-state index contributed by atoms with van der Waals surface area (Å²) in [7, 11) is 0. The van der Waals surface area contributed by atoms with Gasteiger partial charge in [0.15, 0.2) is 0 Å². The number of ether oxygens (including phenoxy) is 1. The highest BCUT2D eigenvalue weighted by atomic mass is 16.5. The number of carbonyl (C=O) groups is 1. The third-order valence-corrected chi connectivity index (χ3v) is 6.00. The van der Waals surface area contributed by atoms with Gasteiger partial charge in [-0.05, 0) is 36.8 Å². The van der Waals surface area contributed by atoms with E-state index in [4.69, 9.17) is 10.1 Å². The molecule has 1 fully saturated rings. The van der Waals surface area contributed by atoms with E-state index in [0.29, 0.717) is 24.8 Å². The van der Waals surface area contributed by atoms with E-state index >= 15 is 0 Å². The van der Waals surface area contributed by atoms with Gasteiger partial charge >= 0.3 is 0 Å². The average Bonchev–Trinajstić information content (AvgIpc) is 2.75. The molecule has 6 nitrogen and oxygen atoms in total. The van der Waals surface area contributed by atoms with E-state index in [1.165, 1.54) is 5.56 Å². The molecule has 152 valence electrons. The van der Waals surface area contributed by atoms with Crippen molar-refractivity contribution < 1.29 is 9.53 Å². The van der Waals surface area contributed by atoms with Crippen LogP contribution in [0.1, 0.15) is 37.3 Å². The number of carbonyl (C=O) groups excluding carboxylic acids is 1. The maximum absolute atomic E-state index is 12.0. The van der Waals surface area contributed by atoms with Crippen LogP contribution in [0.15, 0.2) is 41.9 Å². The van der Waals surface area contributed by atoms with Crippen LogP contribution in [-0.4, -0.2) is 53.8 Å². The second kappa shape index (κ2) is 8.33. The van der Waals surface area contributed by atoms with Gasteiger partial charge in [0.2, 0.25) is 5.91 Å². The molecule has 2 N–H and O–H groups in total. The number of nitrogens with one attached hydrogen (secondary N) is 2. The summed E-state index contributed by atoms with van der Waals surface area (Å²) in [5.41, 5.74) is 4.51. The molecule has 0 unspecified atom stereocenters. The van der Waals surface area contributed by atoms with Gasteiger partial charge in [-0.2, -0.15) is 0 Å². The van der Waals surface area contributed by atoms with Crippen molar-refractivity contribution in [1.82, 2.24) is 15.2 Å². The monoisotopic (exact) mass is 392 g/mol. The molecule has 0 saturated carbocycles. The molecular weight excluding hydrogens is 364 g/mol. The van der Waals surface area contributed by atoms with Crippen molar-refractivity contribution in [3.8, 4) is 0 Å². The topological polar surface area (TPSA) is 78.3 Å². The lowest BCUT2D eigenvalue weighted by Gasteiger charge is -2.34. The first-order valence-corrected chi connectivity index (χ1v) is 10.3. The summed E-state index contributed by atoms with van der Waals surface area (Å²) in [4.78, 5) is 18.2. The third-order valence-electron chi connectivity index (χ3n) is 6.00. The number of amides is 1. The van der Waals surface area contributed by atoms with E-state index in [1.54, 1.807) is 13.1 Å². The smallest absolute Gasteiger partial charge is 0.219 e. The minimum atomic E-state index is 0.0517. The van der Waals surface area contributed by atoms with Crippen LogP contribution in [0, 0.1) is 12.3 Å². The van der Waals surface area contributed by atoms with Gasteiger partial charge in [0, 0.05) is 80.3 Å². The van der Waals surface area contributed by atoms with Crippen molar-refractivity contribution in [3.05, 3.63) is 53.0 Å². The number of benzene rings is 1. The van der Waals surface area contributed by atoms with Crippen LogP contribution in [0.5, 0.6) is 0 Å². The molecule has 2 aromatic rings. The lowest BCUT2D eigenvalue weighted by Crippen LogP contribution is -2.43. The van der Waals surface area contributed by atoms with E-state index in [9.17, 15) is 4.79 Å². The first-order chi connectivity index (χ1) is 14.0. The highest BCUT2D eigenvalue weighted by Crippen LogP contribution is 2.27. The Hall–Kier alpha value is -2.73. The Labute approximate surface area is 171 Å². The summed E-state index contributed by atoms with van der Waals surface area (Å²) in [6.07, 6.45) is 6.31. The summed E-state index contributed by atoms with van der Waals surface area (Å²) < 4.78 is 5.48. The Morgan fingerprint density at radius 1 is 1.24 bits per heavy atom. The molecule has 6 heteroatoms. The summed E-state index contributed by atoms with van der Waals surface area (Å²) in [6.45, 7) is 6.37. The Kier molecular flexibility index (Phi) is 5.62. The molecule has 1 saturated heterocycles. The molecule has 3 heterocycles. The first kappa shape index (κ1) is 19.6. The fraction of sp³-hybridized carbons (Fsp3) is 0.435. The highest BCUT2D eigenvalue weighted by Gasteiger charge is 2.27. The molecule has 0 bridgehead atoms. The standard InChI is InChI=1S/C23H28N4O2/c1-15-3-4-19(20-13-25-9-5-18(15)20)23(24)21-14-27(16(2)28)10-6-22(21)26-17-7-11-29-12-8-17/h3-5,9,13,17,24,26H,6-8,10-12,14H2,1-2H3. The van der Waals surface area contributed by atoms with Crippen LogP contribution in [0.4, 0.5) is 0 Å². The fourth-order valence-electron chi connectivity index (χ4n) is 4.23. The minimum Gasteiger partial charge on any atom is -0.385 e. The Balaban J connectivity index is 1.73. The third kappa shape index (κ3) is 4.03. The van der Waals surface area contributed by atoms with Crippen molar-refractivity contribution in [2.75, 3.05) is 26.3 Å². The number of aromatic nitrogens is 1. The van der Waals surface area contributed by atoms with Crippen LogP contribution in [0.25, 0.3) is 10.8 Å². The molecule has 1 aromatic carbocycles. The van der Waals surface area contributed by atoms with Gasteiger partial charge in [0.25, 0.3) is 0 Å². The first-order valence-electron chi connectivity index (χ1n) is 10.3. The van der Waals surface area contributed by atoms with Gasteiger partial charge in [0.1, 0.15) is 0 Å². The van der Waals surface area contributed by atoms with Crippen molar-refractivity contribution in [3.63, 3.8) is 0 Å². The second-order valence-electron chi connectivity index (χ2n) is 7.90. The van der Waals surface area contributed by atoms with Crippen LogP contribution < -0.4 is 5.32 Å². The Bertz CT molecular complexity index is 976. The van der Waals surface area contributed by atoms with E-state index < -0.39 is 0 Å². The van der Waals surface area contributed by atoms with Gasteiger partial charge in [-0.3, -0.25) is 15.2 Å². The molecule has 4 rings (SSSR count). The van der Waals surface area contributed by atoms with Gasteiger partial charge < -0.3 is 15.0 Å². The van der Waals surface area contributed by atoms with Crippen LogP contribution in [0.2, 0.25) is 0 Å². The number of rotatable bonds is 4. The lowest BCUT2D eigenvalue weighted by molar-refractivity contribution is -0.128. The van der Waals surface area contributed by atoms with E-state index in [0.717, 1.165) is 60.1 Å². The minimum absolute atomic E-state index is 0.0517. The molecule has 1 aromatic heterocycles. The lowest BCUT2D eigenvalue weighted by atomic mass is 9.91. The molecule has 0 atom stereocenters. The predicted molar refractivity (Wildman–Crippen MR) is 114 cm³/mol. The normalized spacial score (nSPS) is 18.2. The highest BCUT2D eigenvalue weighted by molar-refractivity contribution is 6.18. The number of pyridine rings is 1. The van der Waals surface area contributed by atoms with Crippen LogP contribution in [-0.2, 0) is 9.53 Å². The zero-order valence-electron chi connectivity index (χ0n) is 17.1. The molecular formula is C23H28N4O2. The van der Waals surface area contributed by atoms with Gasteiger partial charge in [-0.1, -0.05) is 12.1 Å². The van der Waals surface area contributed by atoms with Crippen molar-refractivity contribution in [2.45, 2.75) is 39.2 Å². The van der Waals surface area contributed by atoms with Gasteiger partial charge in [-0.15, -0.1) is 0 Å². The largest absolute Gasteiger partial charge is 0.385 e. The summed E-state index contributed by atoms with van der Waals surface area (Å²) >= 11 is 0. The quantitative estimate of drug-likeness (QED) is 0.784. The van der Waals surface area contributed by atoms with E-state index in [2.05, 4.69) is 23.3 Å². The molecule has 2 aliphatic heterocycles. The van der Waals surface area contributed by atoms with Crippen molar-refractivity contribution >= 4 is 22.4 Å². The van der Waals surface area contributed by atoms with Crippen LogP contribution >= 0.6 is 0 Å².